The van der Waals surface area contributed by atoms with E-state index in [-0.39, 0.29) is 6.04 Å². The van der Waals surface area contributed by atoms with Gasteiger partial charge in [-0.1, -0.05) is 97.1 Å². The summed E-state index contributed by atoms with van der Waals surface area (Å²) in [4.78, 5) is 4.90. The molecule has 0 saturated heterocycles. The molecule has 0 saturated carbocycles. The highest BCUT2D eigenvalue weighted by Gasteiger charge is 2.21. The second-order valence-electron chi connectivity index (χ2n) is 7.30. The van der Waals surface area contributed by atoms with Crippen molar-refractivity contribution in [1.82, 2.24) is 0 Å². The first kappa shape index (κ1) is 21.0. The molecule has 0 aliphatic rings. The Morgan fingerprint density at radius 1 is 0.742 bits per heavy atom. The molecule has 154 valence electrons. The van der Waals surface area contributed by atoms with Gasteiger partial charge in [-0.3, -0.25) is 4.99 Å². The second-order valence-corrected chi connectivity index (χ2v) is 9.48. The van der Waals surface area contributed by atoms with Gasteiger partial charge in [-0.2, -0.15) is 0 Å². The first-order valence-corrected chi connectivity index (χ1v) is 11.8. The van der Waals surface area contributed by atoms with E-state index in [1.54, 1.807) is 7.11 Å². The number of hydrogen-bond acceptors (Lipinski definition) is 2. The molecule has 4 rings (SSSR count). The van der Waals surface area contributed by atoms with Crippen LogP contribution in [0.3, 0.4) is 0 Å². The highest BCUT2D eigenvalue weighted by atomic mass is 31.1. The third-order valence-corrected chi connectivity index (χ3v) is 7.72. The van der Waals surface area contributed by atoms with Crippen LogP contribution in [0.4, 0.5) is 0 Å². The molecule has 3 heteroatoms. The maximum atomic E-state index is 5.34. The van der Waals surface area contributed by atoms with Gasteiger partial charge < -0.3 is 4.74 Å². The molecule has 4 aromatic rings. The Hall–Kier alpha value is -3.22. The summed E-state index contributed by atoms with van der Waals surface area (Å²) >= 11 is 0. The van der Waals surface area contributed by atoms with Gasteiger partial charge in [0.05, 0.1) is 13.2 Å². The van der Waals surface area contributed by atoms with Crippen molar-refractivity contribution in [2.45, 2.75) is 13.0 Å². The maximum Gasteiger partial charge on any atom is 0.119 e. The van der Waals surface area contributed by atoms with Crippen LogP contribution >= 0.6 is 7.92 Å². The topological polar surface area (TPSA) is 21.6 Å². The van der Waals surface area contributed by atoms with Crippen LogP contribution in [-0.4, -0.2) is 13.3 Å². The van der Waals surface area contributed by atoms with Gasteiger partial charge in [0, 0.05) is 6.21 Å². The fourth-order valence-corrected chi connectivity index (χ4v) is 6.18. The number of benzene rings is 4. The van der Waals surface area contributed by atoms with Gasteiger partial charge in [0.25, 0.3) is 0 Å². The highest BCUT2D eigenvalue weighted by molar-refractivity contribution is 7.79. The quantitative estimate of drug-likeness (QED) is 0.279. The third-order valence-electron chi connectivity index (χ3n) is 5.20. The normalized spacial score (nSPS) is 12.2. The average molecular weight is 423 g/mol. The van der Waals surface area contributed by atoms with Gasteiger partial charge in [-0.25, -0.2) is 0 Å². The Balaban J connectivity index is 1.73. The molecular formula is C28H26NOP. The fourth-order valence-electron chi connectivity index (χ4n) is 3.63. The molecule has 0 heterocycles. The van der Waals surface area contributed by atoms with E-state index in [4.69, 9.17) is 9.73 Å². The van der Waals surface area contributed by atoms with E-state index in [1.807, 2.05) is 30.5 Å². The standard InChI is InChI=1S/C28H26NOP/c1-22(29-21-23-12-11-13-24(20-23)30-2)27-18-9-10-19-28(27)31(25-14-5-3-6-15-25)26-16-7-4-8-17-26/h3-22H,1-2H3/t22-/m0/s1. The summed E-state index contributed by atoms with van der Waals surface area (Å²) in [6.45, 7) is 2.17. The van der Waals surface area contributed by atoms with Crippen LogP contribution < -0.4 is 20.7 Å². The van der Waals surface area contributed by atoms with Crippen LogP contribution in [-0.2, 0) is 0 Å². The Morgan fingerprint density at radius 2 is 1.35 bits per heavy atom. The molecule has 0 spiro atoms. The van der Waals surface area contributed by atoms with Gasteiger partial charge in [0.15, 0.2) is 0 Å². The minimum absolute atomic E-state index is 0.0415. The predicted octanol–water partition coefficient (Wildman–Crippen LogP) is 5.63. The summed E-state index contributed by atoms with van der Waals surface area (Å²) in [5.41, 5.74) is 2.30. The summed E-state index contributed by atoms with van der Waals surface area (Å²) in [6, 6.07) is 38.4. The first-order valence-electron chi connectivity index (χ1n) is 10.4. The third kappa shape index (κ3) is 5.10. The Kier molecular flexibility index (Phi) is 6.92. The largest absolute Gasteiger partial charge is 0.497 e. The minimum Gasteiger partial charge on any atom is -0.497 e. The van der Waals surface area contributed by atoms with Crippen molar-refractivity contribution in [2.75, 3.05) is 7.11 Å². The summed E-state index contributed by atoms with van der Waals surface area (Å²) in [5, 5.41) is 4.05. The SMILES string of the molecule is COc1cccc(C=N[C@@H](C)c2ccccc2P(c2ccccc2)c2ccccc2)c1. The molecular weight excluding hydrogens is 397 g/mol. The molecule has 0 aliphatic carbocycles. The molecule has 4 aromatic carbocycles. The minimum atomic E-state index is -0.666. The molecule has 0 aromatic heterocycles. The van der Waals surface area contributed by atoms with Crippen molar-refractivity contribution in [2.24, 2.45) is 4.99 Å². The Labute approximate surface area is 186 Å². The lowest BCUT2D eigenvalue weighted by atomic mass is 10.1. The molecule has 31 heavy (non-hydrogen) atoms. The van der Waals surface area contributed by atoms with Crippen LogP contribution in [0.1, 0.15) is 24.1 Å². The van der Waals surface area contributed by atoms with E-state index in [0.717, 1.165) is 11.3 Å². The summed E-state index contributed by atoms with van der Waals surface area (Å²) in [6.07, 6.45) is 1.94. The Bertz CT molecular complexity index is 1100. The number of nitrogens with zero attached hydrogens (tertiary/aromatic N) is 1. The summed E-state index contributed by atoms with van der Waals surface area (Å²) < 4.78 is 5.34. The van der Waals surface area contributed by atoms with Gasteiger partial charge in [0.1, 0.15) is 5.75 Å². The predicted molar refractivity (Wildman–Crippen MR) is 134 cm³/mol. The molecule has 0 unspecified atom stereocenters. The molecule has 0 N–H and O–H groups in total. The van der Waals surface area contributed by atoms with E-state index < -0.39 is 7.92 Å². The fraction of sp³-hybridized carbons (Fsp3) is 0.107. The van der Waals surface area contributed by atoms with Crippen molar-refractivity contribution in [3.05, 3.63) is 120 Å². The van der Waals surface area contributed by atoms with Crippen LogP contribution in [0.5, 0.6) is 5.75 Å². The molecule has 2 nitrogen and oxygen atoms in total. The first-order chi connectivity index (χ1) is 15.3. The zero-order valence-corrected chi connectivity index (χ0v) is 18.7. The van der Waals surface area contributed by atoms with Crippen LogP contribution in [0.25, 0.3) is 0 Å². The monoisotopic (exact) mass is 423 g/mol. The van der Waals surface area contributed by atoms with E-state index in [0.29, 0.717) is 0 Å². The van der Waals surface area contributed by atoms with E-state index in [2.05, 4.69) is 91.9 Å². The van der Waals surface area contributed by atoms with Crippen molar-refractivity contribution < 1.29 is 4.74 Å². The lowest BCUT2D eigenvalue weighted by Gasteiger charge is -2.23. The summed E-state index contributed by atoms with van der Waals surface area (Å²) in [7, 11) is 1.02. The number of methoxy groups -OCH3 is 1. The van der Waals surface area contributed by atoms with Crippen LogP contribution in [0, 0.1) is 0 Å². The zero-order chi connectivity index (χ0) is 21.5. The lowest BCUT2D eigenvalue weighted by molar-refractivity contribution is 0.414. The van der Waals surface area contributed by atoms with Gasteiger partial charge in [-0.15, -0.1) is 0 Å². The molecule has 1 atom stereocenters. The Morgan fingerprint density at radius 3 is 2.00 bits per heavy atom. The highest BCUT2D eigenvalue weighted by Crippen LogP contribution is 2.36. The molecule has 0 amide bonds. The molecule has 0 bridgehead atoms. The zero-order valence-electron chi connectivity index (χ0n) is 17.8. The maximum absolute atomic E-state index is 5.34. The molecule has 0 aliphatic heterocycles. The van der Waals surface area contributed by atoms with Crippen molar-refractivity contribution in [1.29, 1.82) is 0 Å². The lowest BCUT2D eigenvalue weighted by Crippen LogP contribution is -2.23. The second kappa shape index (κ2) is 10.2. The van der Waals surface area contributed by atoms with Gasteiger partial charge in [-0.05, 0) is 54.0 Å². The van der Waals surface area contributed by atoms with Crippen molar-refractivity contribution >= 4 is 30.0 Å². The smallest absolute Gasteiger partial charge is 0.119 e. The number of rotatable bonds is 7. The van der Waals surface area contributed by atoms with Crippen LogP contribution in [0.15, 0.2) is 114 Å². The number of aliphatic imine (C=N–C) groups is 1. The van der Waals surface area contributed by atoms with Crippen molar-refractivity contribution in [3.8, 4) is 5.75 Å². The van der Waals surface area contributed by atoms with Crippen molar-refractivity contribution in [3.63, 3.8) is 0 Å². The van der Waals surface area contributed by atoms with Gasteiger partial charge in [0.2, 0.25) is 0 Å². The molecule has 0 radical (unpaired) electrons. The van der Waals surface area contributed by atoms with Crippen LogP contribution in [0.2, 0.25) is 0 Å². The van der Waals surface area contributed by atoms with E-state index in [9.17, 15) is 0 Å². The average Bonchev–Trinajstić information content (AvgIpc) is 2.84. The van der Waals surface area contributed by atoms with Gasteiger partial charge >= 0.3 is 0 Å². The molecule has 0 fully saturated rings. The number of hydrogen-bond donors (Lipinski definition) is 0. The summed E-state index contributed by atoms with van der Waals surface area (Å²) in [5.74, 6) is 0.841. The number of ether oxygens (including phenoxy) is 1. The van der Waals surface area contributed by atoms with E-state index in [1.165, 1.54) is 21.5 Å². The van der Waals surface area contributed by atoms with E-state index >= 15 is 0 Å².